The molecule has 0 unspecified atom stereocenters. The Morgan fingerprint density at radius 1 is 1.03 bits per heavy atom. The van der Waals surface area contributed by atoms with Crippen LogP contribution in [0.1, 0.15) is 33.6 Å². The molecule has 2 bridgehead atoms. The number of ether oxygens (including phenoxy) is 1. The molecule has 0 spiro atoms. The van der Waals surface area contributed by atoms with Crippen molar-refractivity contribution in [2.75, 3.05) is 13.7 Å². The van der Waals surface area contributed by atoms with E-state index in [0.29, 0.717) is 18.5 Å². The van der Waals surface area contributed by atoms with Gasteiger partial charge in [-0.25, -0.2) is 13.2 Å². The maximum atomic E-state index is 13.4. The summed E-state index contributed by atoms with van der Waals surface area (Å²) < 4.78 is 32.9. The van der Waals surface area contributed by atoms with Crippen LogP contribution < -0.4 is 5.32 Å². The van der Waals surface area contributed by atoms with Crippen molar-refractivity contribution in [1.29, 1.82) is 0 Å². The second-order valence-corrected chi connectivity index (χ2v) is 9.27. The van der Waals surface area contributed by atoms with Crippen LogP contribution in [-0.4, -0.2) is 50.3 Å². The van der Waals surface area contributed by atoms with Crippen LogP contribution >= 0.6 is 0 Å². The monoisotopic (exact) mass is 414 g/mol. The van der Waals surface area contributed by atoms with E-state index in [1.165, 1.54) is 23.5 Å². The number of piperidine rings is 1. The quantitative estimate of drug-likeness (QED) is 0.756. The van der Waals surface area contributed by atoms with Crippen molar-refractivity contribution < 1.29 is 22.7 Å². The molecule has 4 rings (SSSR count). The largest absolute Gasteiger partial charge is 0.465 e. The predicted molar refractivity (Wildman–Crippen MR) is 106 cm³/mol. The lowest BCUT2D eigenvalue weighted by atomic mass is 10.1. The van der Waals surface area contributed by atoms with E-state index in [0.717, 1.165) is 6.42 Å². The summed E-state index contributed by atoms with van der Waals surface area (Å²) in [5.41, 5.74) is 0.559. The second kappa shape index (κ2) is 7.61. The van der Waals surface area contributed by atoms with Gasteiger partial charge in [-0.1, -0.05) is 30.3 Å². The van der Waals surface area contributed by atoms with Gasteiger partial charge in [0.1, 0.15) is 0 Å². The third-order valence-corrected chi connectivity index (χ3v) is 7.62. The molecule has 1 aliphatic carbocycles. The highest BCUT2D eigenvalue weighted by molar-refractivity contribution is 7.89. The molecule has 152 valence electrons. The Hall–Kier alpha value is -2.71. The lowest BCUT2D eigenvalue weighted by Gasteiger charge is -2.33. The Kier molecular flexibility index (Phi) is 5.14. The Balaban J connectivity index is 1.59. The van der Waals surface area contributed by atoms with E-state index < -0.39 is 16.0 Å². The van der Waals surface area contributed by atoms with Crippen LogP contribution in [0.5, 0.6) is 0 Å². The summed E-state index contributed by atoms with van der Waals surface area (Å²) in [6, 6.07) is 14.3. The average molecular weight is 414 g/mol. The number of methoxy groups -OCH3 is 1. The normalized spacial score (nSPS) is 23.7. The van der Waals surface area contributed by atoms with Crippen LogP contribution in [0.25, 0.3) is 0 Å². The van der Waals surface area contributed by atoms with E-state index in [1.54, 1.807) is 36.4 Å². The molecule has 1 heterocycles. The molecule has 1 amide bonds. The molecule has 8 heteroatoms. The van der Waals surface area contributed by atoms with Gasteiger partial charge in [0.2, 0.25) is 10.0 Å². The highest BCUT2D eigenvalue weighted by Crippen LogP contribution is 2.41. The summed E-state index contributed by atoms with van der Waals surface area (Å²) in [5, 5.41) is 2.99. The summed E-state index contributed by atoms with van der Waals surface area (Å²) >= 11 is 0. The highest BCUT2D eigenvalue weighted by Gasteiger charge is 2.50. The van der Waals surface area contributed by atoms with Crippen LogP contribution in [-0.2, 0) is 14.8 Å². The summed E-state index contributed by atoms with van der Waals surface area (Å²) in [6.45, 7) is 0.389. The molecule has 7 nitrogen and oxygen atoms in total. The minimum Gasteiger partial charge on any atom is -0.465 e. The third kappa shape index (κ3) is 3.54. The number of nitrogens with one attached hydrogen (secondary N) is 1. The Labute approximate surface area is 169 Å². The number of carbonyl (C=O) groups excluding carboxylic acids is 2. The van der Waals surface area contributed by atoms with Gasteiger partial charge in [0, 0.05) is 24.2 Å². The SMILES string of the molecule is COC(=O)c1ccccc1S(=O)(=O)N1C[C@@H]2C[C@H](NC(=O)c3ccccc3)[C@H]1C2. The highest BCUT2D eigenvalue weighted by atomic mass is 32.2. The molecule has 1 aliphatic heterocycles. The molecule has 3 atom stereocenters. The lowest BCUT2D eigenvalue weighted by Crippen LogP contribution is -2.52. The number of hydrogen-bond donors (Lipinski definition) is 1. The van der Waals surface area contributed by atoms with E-state index >= 15 is 0 Å². The first kappa shape index (κ1) is 19.6. The van der Waals surface area contributed by atoms with Crippen LogP contribution in [0.4, 0.5) is 0 Å². The summed E-state index contributed by atoms with van der Waals surface area (Å²) in [7, 11) is -2.69. The van der Waals surface area contributed by atoms with E-state index in [2.05, 4.69) is 5.32 Å². The number of sulfonamides is 1. The molecule has 0 aromatic heterocycles. The Bertz CT molecular complexity index is 1040. The minimum atomic E-state index is -3.91. The zero-order valence-corrected chi connectivity index (χ0v) is 16.8. The smallest absolute Gasteiger partial charge is 0.339 e. The number of fused-ring (bicyclic) bond motifs is 2. The molecule has 1 saturated heterocycles. The molecule has 1 saturated carbocycles. The van der Waals surface area contributed by atoms with Gasteiger partial charge in [0.15, 0.2) is 0 Å². The third-order valence-electron chi connectivity index (χ3n) is 5.67. The van der Waals surface area contributed by atoms with E-state index in [1.807, 2.05) is 6.07 Å². The first-order chi connectivity index (χ1) is 13.9. The molecular weight excluding hydrogens is 392 g/mol. The molecule has 2 aromatic carbocycles. The molecule has 29 heavy (non-hydrogen) atoms. The van der Waals surface area contributed by atoms with Crippen molar-refractivity contribution in [2.45, 2.75) is 29.8 Å². The van der Waals surface area contributed by atoms with Crippen molar-refractivity contribution in [3.63, 3.8) is 0 Å². The minimum absolute atomic E-state index is 0.0163. The first-order valence-corrected chi connectivity index (χ1v) is 10.9. The van der Waals surface area contributed by atoms with Gasteiger partial charge in [-0.15, -0.1) is 0 Å². The van der Waals surface area contributed by atoms with Crippen molar-refractivity contribution in [3.05, 3.63) is 65.7 Å². The summed E-state index contributed by atoms with van der Waals surface area (Å²) in [6.07, 6.45) is 1.44. The van der Waals surface area contributed by atoms with Gasteiger partial charge in [-0.3, -0.25) is 4.79 Å². The van der Waals surface area contributed by atoms with Gasteiger partial charge < -0.3 is 10.1 Å². The van der Waals surface area contributed by atoms with Gasteiger partial charge in [0.05, 0.1) is 17.6 Å². The number of hydrogen-bond acceptors (Lipinski definition) is 5. The van der Waals surface area contributed by atoms with Crippen LogP contribution in [0.2, 0.25) is 0 Å². The Morgan fingerprint density at radius 3 is 2.41 bits per heavy atom. The maximum absolute atomic E-state index is 13.4. The standard InChI is InChI=1S/C21H22N2O5S/c1-28-21(25)16-9-5-6-10-19(16)29(26,27)23-13-14-11-17(18(23)12-14)22-20(24)15-7-3-2-4-8-15/h2-10,14,17-18H,11-13H2,1H3,(H,22,24)/t14-,17+,18-/m1/s1. The first-order valence-electron chi connectivity index (χ1n) is 9.47. The molecule has 2 aromatic rings. The molecule has 2 aliphatic rings. The van der Waals surface area contributed by atoms with Crippen molar-refractivity contribution in [3.8, 4) is 0 Å². The average Bonchev–Trinajstić information content (AvgIpc) is 3.35. The number of rotatable bonds is 5. The van der Waals surface area contributed by atoms with E-state index in [4.69, 9.17) is 4.74 Å². The number of amides is 1. The van der Waals surface area contributed by atoms with E-state index in [9.17, 15) is 18.0 Å². The van der Waals surface area contributed by atoms with Crippen molar-refractivity contribution in [2.24, 2.45) is 5.92 Å². The number of esters is 1. The molecule has 1 N–H and O–H groups in total. The maximum Gasteiger partial charge on any atom is 0.339 e. The molecule has 0 radical (unpaired) electrons. The fraction of sp³-hybridized carbons (Fsp3) is 0.333. The van der Waals surface area contributed by atoms with Crippen LogP contribution in [0, 0.1) is 5.92 Å². The molecular formula is C21H22N2O5S. The number of carbonyl (C=O) groups is 2. The Morgan fingerprint density at radius 2 is 1.72 bits per heavy atom. The number of benzene rings is 2. The zero-order valence-electron chi connectivity index (χ0n) is 15.9. The van der Waals surface area contributed by atoms with Crippen molar-refractivity contribution >= 4 is 21.9 Å². The fourth-order valence-corrected chi connectivity index (χ4v) is 6.27. The predicted octanol–water partition coefficient (Wildman–Crippen LogP) is 2.05. The van der Waals surface area contributed by atoms with E-state index in [-0.39, 0.29) is 34.4 Å². The molecule has 2 fully saturated rings. The van der Waals surface area contributed by atoms with Crippen LogP contribution in [0.3, 0.4) is 0 Å². The summed E-state index contributed by atoms with van der Waals surface area (Å²) in [4.78, 5) is 24.5. The van der Waals surface area contributed by atoms with Gasteiger partial charge in [-0.2, -0.15) is 4.31 Å². The zero-order chi connectivity index (χ0) is 20.6. The lowest BCUT2D eigenvalue weighted by molar-refractivity contribution is 0.0596. The van der Waals surface area contributed by atoms with Crippen LogP contribution in [0.15, 0.2) is 59.5 Å². The summed E-state index contributed by atoms with van der Waals surface area (Å²) in [5.74, 6) is -0.723. The fourth-order valence-electron chi connectivity index (χ4n) is 4.34. The van der Waals surface area contributed by atoms with Gasteiger partial charge in [0.25, 0.3) is 5.91 Å². The second-order valence-electron chi connectivity index (χ2n) is 7.41. The van der Waals surface area contributed by atoms with Gasteiger partial charge >= 0.3 is 5.97 Å². The van der Waals surface area contributed by atoms with Gasteiger partial charge in [-0.05, 0) is 43.0 Å². The topological polar surface area (TPSA) is 92.8 Å². The number of nitrogens with zero attached hydrogens (tertiary/aromatic N) is 1. The van der Waals surface area contributed by atoms with Crippen molar-refractivity contribution in [1.82, 2.24) is 9.62 Å².